The van der Waals surface area contributed by atoms with Gasteiger partial charge in [0.25, 0.3) is 5.56 Å². The van der Waals surface area contributed by atoms with Crippen molar-refractivity contribution in [1.82, 2.24) is 28.9 Å². The molecule has 0 unspecified atom stereocenters. The molecule has 0 saturated carbocycles. The molecule has 9 heteroatoms. The molecule has 138 valence electrons. The number of thiazole rings is 1. The van der Waals surface area contributed by atoms with Gasteiger partial charge in [-0.05, 0) is 13.0 Å². The molecule has 1 fully saturated rings. The van der Waals surface area contributed by atoms with Crippen LogP contribution in [0.2, 0.25) is 0 Å². The fourth-order valence-electron chi connectivity index (χ4n) is 3.59. The average molecular weight is 381 g/mol. The summed E-state index contributed by atoms with van der Waals surface area (Å²) in [5.41, 5.74) is 2.86. The van der Waals surface area contributed by atoms with Gasteiger partial charge < -0.3 is 4.90 Å². The molecule has 1 saturated heterocycles. The van der Waals surface area contributed by atoms with Crippen LogP contribution in [0.3, 0.4) is 0 Å². The maximum absolute atomic E-state index is 12.2. The van der Waals surface area contributed by atoms with E-state index in [-0.39, 0.29) is 5.56 Å². The Morgan fingerprint density at radius 2 is 2.00 bits per heavy atom. The van der Waals surface area contributed by atoms with Crippen LogP contribution in [0.15, 0.2) is 40.9 Å². The molecule has 0 spiro atoms. The van der Waals surface area contributed by atoms with Crippen LogP contribution in [-0.2, 0) is 6.54 Å². The zero-order chi connectivity index (χ0) is 18.4. The highest BCUT2D eigenvalue weighted by Gasteiger charge is 2.21. The Kier molecular flexibility index (Phi) is 3.91. The lowest BCUT2D eigenvalue weighted by Gasteiger charge is -2.35. The first-order valence-electron chi connectivity index (χ1n) is 8.91. The summed E-state index contributed by atoms with van der Waals surface area (Å²) in [6.07, 6.45) is 5.45. The van der Waals surface area contributed by atoms with E-state index in [4.69, 9.17) is 0 Å². The summed E-state index contributed by atoms with van der Waals surface area (Å²) in [5, 5.41) is 6.36. The van der Waals surface area contributed by atoms with Gasteiger partial charge in [0.1, 0.15) is 5.52 Å². The lowest BCUT2D eigenvalue weighted by atomic mass is 10.2. The Bertz CT molecular complexity index is 1170. The molecule has 27 heavy (non-hydrogen) atoms. The molecule has 0 radical (unpaired) electrons. The van der Waals surface area contributed by atoms with E-state index in [2.05, 4.69) is 30.9 Å². The molecule has 0 N–H and O–H groups in total. The van der Waals surface area contributed by atoms with Crippen molar-refractivity contribution >= 4 is 27.6 Å². The third kappa shape index (κ3) is 2.98. The number of aromatic nitrogens is 5. The van der Waals surface area contributed by atoms with Crippen molar-refractivity contribution in [2.24, 2.45) is 0 Å². The molecule has 0 bridgehead atoms. The van der Waals surface area contributed by atoms with Gasteiger partial charge in [-0.2, -0.15) is 5.10 Å². The lowest BCUT2D eigenvalue weighted by Crippen LogP contribution is -2.46. The van der Waals surface area contributed by atoms with Gasteiger partial charge in [-0.15, -0.1) is 11.3 Å². The van der Waals surface area contributed by atoms with E-state index in [1.165, 1.54) is 11.3 Å². The molecule has 5 heterocycles. The van der Waals surface area contributed by atoms with Crippen LogP contribution in [0, 0.1) is 6.92 Å². The Labute approximate surface area is 159 Å². The summed E-state index contributed by atoms with van der Waals surface area (Å²) in [6, 6.07) is 3.71. The topological polar surface area (TPSA) is 71.0 Å². The minimum Gasteiger partial charge on any atom is -0.352 e. The number of hydrogen-bond acceptors (Lipinski definition) is 7. The van der Waals surface area contributed by atoms with Crippen molar-refractivity contribution in [2.75, 3.05) is 31.1 Å². The fourth-order valence-corrected chi connectivity index (χ4v) is 4.33. The molecule has 0 amide bonds. The SMILES string of the molecule is Cc1cc2c(N3CCN(Cc4cc(=O)n5ccsc5n4)CC3)nccn2n1. The van der Waals surface area contributed by atoms with Crippen LogP contribution in [-0.4, -0.2) is 55.1 Å². The van der Waals surface area contributed by atoms with Crippen LogP contribution >= 0.6 is 11.3 Å². The van der Waals surface area contributed by atoms with Crippen LogP contribution in [0.1, 0.15) is 11.4 Å². The zero-order valence-electron chi connectivity index (χ0n) is 14.9. The average Bonchev–Trinajstić information content (AvgIpc) is 3.28. The second-order valence-corrected chi connectivity index (χ2v) is 7.64. The molecule has 5 rings (SSSR count). The first kappa shape index (κ1) is 16.4. The third-order valence-corrected chi connectivity index (χ3v) is 5.66. The number of nitrogens with zero attached hydrogens (tertiary/aromatic N) is 7. The monoisotopic (exact) mass is 381 g/mol. The predicted octanol–water partition coefficient (Wildman–Crippen LogP) is 1.43. The summed E-state index contributed by atoms with van der Waals surface area (Å²) in [7, 11) is 0. The standard InChI is InChI=1S/C18H19N7OS/c1-13-10-15-17(19-2-3-25(15)21-13)23-6-4-22(5-7-23)12-14-11-16(26)24-8-9-27-18(24)20-14/h2-3,8-11H,4-7,12H2,1H3. The molecular weight excluding hydrogens is 362 g/mol. The van der Waals surface area contributed by atoms with Gasteiger partial charge in [-0.3, -0.25) is 14.1 Å². The number of anilines is 1. The fraction of sp³-hybridized carbons (Fsp3) is 0.333. The molecule has 1 aliphatic heterocycles. The first-order chi connectivity index (χ1) is 13.2. The van der Waals surface area contributed by atoms with Crippen LogP contribution in [0.4, 0.5) is 5.82 Å². The van der Waals surface area contributed by atoms with Crippen molar-refractivity contribution < 1.29 is 0 Å². The van der Waals surface area contributed by atoms with Gasteiger partial charge in [0.2, 0.25) is 0 Å². The van der Waals surface area contributed by atoms with Crippen molar-refractivity contribution in [3.05, 3.63) is 57.8 Å². The lowest BCUT2D eigenvalue weighted by molar-refractivity contribution is 0.246. The summed E-state index contributed by atoms with van der Waals surface area (Å²) < 4.78 is 3.48. The second-order valence-electron chi connectivity index (χ2n) is 6.77. The van der Waals surface area contributed by atoms with E-state index < -0.39 is 0 Å². The number of fused-ring (bicyclic) bond motifs is 2. The van der Waals surface area contributed by atoms with Crippen molar-refractivity contribution in [3.63, 3.8) is 0 Å². The highest BCUT2D eigenvalue weighted by Crippen LogP contribution is 2.21. The Morgan fingerprint density at radius 1 is 1.15 bits per heavy atom. The Balaban J connectivity index is 1.31. The van der Waals surface area contributed by atoms with Gasteiger partial charge in [-0.25, -0.2) is 14.5 Å². The van der Waals surface area contributed by atoms with E-state index >= 15 is 0 Å². The second kappa shape index (κ2) is 6.43. The van der Waals surface area contributed by atoms with Crippen molar-refractivity contribution in [1.29, 1.82) is 0 Å². The summed E-state index contributed by atoms with van der Waals surface area (Å²) in [5.74, 6) is 0.981. The van der Waals surface area contributed by atoms with Crippen LogP contribution in [0.5, 0.6) is 0 Å². The molecular formula is C18H19N7OS. The van der Waals surface area contributed by atoms with E-state index in [1.54, 1.807) is 22.9 Å². The first-order valence-corrected chi connectivity index (χ1v) is 9.79. The van der Waals surface area contributed by atoms with E-state index in [9.17, 15) is 4.79 Å². The molecule has 0 aromatic carbocycles. The highest BCUT2D eigenvalue weighted by molar-refractivity contribution is 7.15. The number of aryl methyl sites for hydroxylation is 1. The van der Waals surface area contributed by atoms with Gasteiger partial charge >= 0.3 is 0 Å². The molecule has 8 nitrogen and oxygen atoms in total. The quantitative estimate of drug-likeness (QED) is 0.535. The minimum absolute atomic E-state index is 0.0122. The molecule has 1 aliphatic rings. The third-order valence-electron chi connectivity index (χ3n) is 4.91. The number of rotatable bonds is 3. The van der Waals surface area contributed by atoms with E-state index in [0.717, 1.165) is 53.9 Å². The summed E-state index contributed by atoms with van der Waals surface area (Å²) in [6.45, 7) is 6.27. The highest BCUT2D eigenvalue weighted by atomic mass is 32.1. The largest absolute Gasteiger partial charge is 0.352 e. The summed E-state index contributed by atoms with van der Waals surface area (Å²) >= 11 is 1.49. The van der Waals surface area contributed by atoms with Crippen LogP contribution in [0.25, 0.3) is 10.5 Å². The maximum atomic E-state index is 12.2. The van der Waals surface area contributed by atoms with Gasteiger partial charge in [0.15, 0.2) is 10.8 Å². The van der Waals surface area contributed by atoms with E-state index in [1.807, 2.05) is 23.0 Å². The predicted molar refractivity (Wildman–Crippen MR) is 105 cm³/mol. The normalized spacial score (nSPS) is 15.8. The number of piperazine rings is 1. The molecule has 0 aliphatic carbocycles. The van der Waals surface area contributed by atoms with Crippen molar-refractivity contribution in [2.45, 2.75) is 13.5 Å². The maximum Gasteiger partial charge on any atom is 0.258 e. The zero-order valence-corrected chi connectivity index (χ0v) is 15.8. The molecule has 0 atom stereocenters. The van der Waals surface area contributed by atoms with Gasteiger partial charge in [0.05, 0.1) is 11.4 Å². The summed E-state index contributed by atoms with van der Waals surface area (Å²) in [4.78, 5) is 26.7. The molecule has 4 aromatic heterocycles. The van der Waals surface area contributed by atoms with Crippen molar-refractivity contribution in [3.8, 4) is 0 Å². The molecule has 4 aromatic rings. The van der Waals surface area contributed by atoms with Gasteiger partial charge in [-0.1, -0.05) is 0 Å². The Hall–Kier alpha value is -2.78. The smallest absolute Gasteiger partial charge is 0.258 e. The van der Waals surface area contributed by atoms with E-state index in [0.29, 0.717) is 6.54 Å². The van der Waals surface area contributed by atoms with Crippen LogP contribution < -0.4 is 10.5 Å². The Morgan fingerprint density at radius 3 is 2.85 bits per heavy atom. The minimum atomic E-state index is -0.0122. The number of hydrogen-bond donors (Lipinski definition) is 0. The van der Waals surface area contributed by atoms with Gasteiger partial charge in [0, 0.05) is 62.8 Å².